The van der Waals surface area contributed by atoms with Gasteiger partial charge in [0.1, 0.15) is 12.1 Å². The molecule has 0 atom stereocenters. The second-order valence-corrected chi connectivity index (χ2v) is 7.70. The number of nitriles is 2. The quantitative estimate of drug-likeness (QED) is 0.381. The normalized spacial score (nSPS) is 10.1. The molecule has 0 saturated carbocycles. The molecule has 0 aliphatic rings. The fourth-order valence-electron chi connectivity index (χ4n) is 1.77. The SMILES string of the molecule is CN(SCCCSc1ccc(C#N)c(C#N)c1)c1nc(Cl)nc(Cl)n1. The summed E-state index contributed by atoms with van der Waals surface area (Å²) in [7, 11) is 1.83. The van der Waals surface area contributed by atoms with E-state index in [2.05, 4.69) is 15.0 Å². The number of halogens is 2. The molecule has 0 saturated heterocycles. The summed E-state index contributed by atoms with van der Waals surface area (Å²) in [5.74, 6) is 2.15. The highest BCUT2D eigenvalue weighted by Gasteiger charge is 2.09. The highest BCUT2D eigenvalue weighted by atomic mass is 35.5. The van der Waals surface area contributed by atoms with Gasteiger partial charge in [-0.05, 0) is 65.5 Å². The lowest BCUT2D eigenvalue weighted by Gasteiger charge is -2.15. The van der Waals surface area contributed by atoms with Gasteiger partial charge < -0.3 is 0 Å². The molecular formula is C15H12Cl2N6S2. The van der Waals surface area contributed by atoms with Crippen LogP contribution >= 0.6 is 46.9 Å². The van der Waals surface area contributed by atoms with Gasteiger partial charge in [0.2, 0.25) is 16.5 Å². The van der Waals surface area contributed by atoms with Crippen molar-refractivity contribution in [2.24, 2.45) is 0 Å². The van der Waals surface area contributed by atoms with Crippen LogP contribution in [0, 0.1) is 22.7 Å². The molecular weight excluding hydrogens is 399 g/mol. The molecule has 2 aromatic rings. The summed E-state index contributed by atoms with van der Waals surface area (Å²) < 4.78 is 1.79. The lowest BCUT2D eigenvalue weighted by molar-refractivity contribution is 1.02. The Morgan fingerprint density at radius 2 is 1.72 bits per heavy atom. The molecule has 0 fully saturated rings. The smallest absolute Gasteiger partial charge is 0.240 e. The molecule has 0 N–H and O–H groups in total. The zero-order chi connectivity index (χ0) is 18.2. The molecule has 1 aromatic carbocycles. The highest BCUT2D eigenvalue weighted by Crippen LogP contribution is 2.24. The summed E-state index contributed by atoms with van der Waals surface area (Å²) in [4.78, 5) is 12.7. The van der Waals surface area contributed by atoms with E-state index in [9.17, 15) is 0 Å². The minimum Gasteiger partial charge on any atom is -0.287 e. The molecule has 2 rings (SSSR count). The third-order valence-electron chi connectivity index (χ3n) is 2.92. The highest BCUT2D eigenvalue weighted by molar-refractivity contribution is 8.01. The lowest BCUT2D eigenvalue weighted by atomic mass is 10.1. The third-order valence-corrected chi connectivity index (χ3v) is 5.36. The van der Waals surface area contributed by atoms with Crippen molar-refractivity contribution in [3.63, 3.8) is 0 Å². The van der Waals surface area contributed by atoms with Crippen LogP contribution in [-0.4, -0.2) is 33.5 Å². The summed E-state index contributed by atoms with van der Waals surface area (Å²) in [6.07, 6.45) is 0.939. The van der Waals surface area contributed by atoms with E-state index in [1.807, 2.05) is 25.3 Å². The van der Waals surface area contributed by atoms with Gasteiger partial charge in [-0.2, -0.15) is 25.5 Å². The molecule has 0 radical (unpaired) electrons. The van der Waals surface area contributed by atoms with Crippen molar-refractivity contribution in [3.8, 4) is 12.1 Å². The maximum absolute atomic E-state index is 9.04. The number of thioether (sulfide) groups is 1. The molecule has 0 amide bonds. The van der Waals surface area contributed by atoms with Gasteiger partial charge in [0.25, 0.3) is 0 Å². The van der Waals surface area contributed by atoms with E-state index in [0.717, 1.165) is 22.8 Å². The minimum absolute atomic E-state index is 0.0621. The van der Waals surface area contributed by atoms with Crippen LogP contribution in [0.1, 0.15) is 17.5 Å². The van der Waals surface area contributed by atoms with E-state index < -0.39 is 0 Å². The third kappa shape index (κ3) is 5.94. The topological polar surface area (TPSA) is 89.5 Å². The Labute approximate surface area is 164 Å². The Hall–Kier alpha value is -1.71. The van der Waals surface area contributed by atoms with Crippen LogP contribution in [0.15, 0.2) is 23.1 Å². The van der Waals surface area contributed by atoms with Crippen molar-refractivity contribution >= 4 is 52.9 Å². The summed E-state index contributed by atoms with van der Waals surface area (Å²) in [6, 6.07) is 9.34. The fraction of sp³-hybridized carbons (Fsp3) is 0.267. The number of nitrogens with zero attached hydrogens (tertiary/aromatic N) is 6. The first-order valence-corrected chi connectivity index (χ1v) is 9.72. The average Bonchev–Trinajstić information content (AvgIpc) is 2.60. The van der Waals surface area contributed by atoms with Crippen LogP contribution < -0.4 is 4.31 Å². The predicted molar refractivity (Wildman–Crippen MR) is 102 cm³/mol. The second kappa shape index (κ2) is 9.69. The zero-order valence-electron chi connectivity index (χ0n) is 13.1. The Morgan fingerprint density at radius 1 is 1.04 bits per heavy atom. The molecule has 25 heavy (non-hydrogen) atoms. The molecule has 1 aromatic heterocycles. The van der Waals surface area contributed by atoms with Crippen molar-refractivity contribution in [2.75, 3.05) is 22.9 Å². The standard InChI is InChI=1S/C15H12Cl2N6S2/c1-23(15-21-13(16)20-14(17)22-15)25-6-2-5-24-12-4-3-10(8-18)11(7-12)9-19/h3-4,7H,2,5-6H2,1H3. The number of benzene rings is 1. The van der Waals surface area contributed by atoms with Crippen molar-refractivity contribution < 1.29 is 0 Å². The van der Waals surface area contributed by atoms with Crippen LogP contribution in [-0.2, 0) is 0 Å². The molecule has 10 heteroatoms. The maximum Gasteiger partial charge on any atom is 0.240 e. The number of aromatic nitrogens is 3. The number of hydrogen-bond acceptors (Lipinski definition) is 8. The van der Waals surface area contributed by atoms with E-state index in [1.54, 1.807) is 40.1 Å². The molecule has 0 bridgehead atoms. The van der Waals surface area contributed by atoms with Gasteiger partial charge in [0.15, 0.2) is 0 Å². The first-order chi connectivity index (χ1) is 12.0. The van der Waals surface area contributed by atoms with Crippen LogP contribution in [0.5, 0.6) is 0 Å². The molecule has 6 nitrogen and oxygen atoms in total. The number of rotatable bonds is 7. The van der Waals surface area contributed by atoms with Crippen molar-refractivity contribution in [2.45, 2.75) is 11.3 Å². The summed E-state index contributed by atoms with van der Waals surface area (Å²) in [5, 5.41) is 18.1. The van der Waals surface area contributed by atoms with Crippen molar-refractivity contribution in [1.29, 1.82) is 10.5 Å². The summed E-state index contributed by atoms with van der Waals surface area (Å²) in [5.41, 5.74) is 0.809. The number of hydrogen-bond donors (Lipinski definition) is 0. The van der Waals surface area contributed by atoms with Crippen LogP contribution in [0.4, 0.5) is 5.95 Å². The van der Waals surface area contributed by atoms with Crippen molar-refractivity contribution in [1.82, 2.24) is 15.0 Å². The van der Waals surface area contributed by atoms with Gasteiger partial charge in [-0.1, -0.05) is 0 Å². The van der Waals surface area contributed by atoms with E-state index in [1.165, 1.54) is 0 Å². The average molecular weight is 411 g/mol. The van der Waals surface area contributed by atoms with E-state index in [-0.39, 0.29) is 10.6 Å². The lowest BCUT2D eigenvalue weighted by Crippen LogP contribution is -2.12. The first kappa shape index (κ1) is 19.6. The molecule has 0 unspecified atom stereocenters. The fourth-order valence-corrected chi connectivity index (χ4v) is 3.94. The maximum atomic E-state index is 9.04. The van der Waals surface area contributed by atoms with Gasteiger partial charge in [-0.3, -0.25) is 4.31 Å². The second-order valence-electron chi connectivity index (χ2n) is 4.64. The Kier molecular flexibility index (Phi) is 7.60. The van der Waals surface area contributed by atoms with E-state index >= 15 is 0 Å². The van der Waals surface area contributed by atoms with Gasteiger partial charge >= 0.3 is 0 Å². The van der Waals surface area contributed by atoms with Gasteiger partial charge in [0.05, 0.1) is 11.1 Å². The van der Waals surface area contributed by atoms with Crippen molar-refractivity contribution in [3.05, 3.63) is 39.9 Å². The van der Waals surface area contributed by atoms with Gasteiger partial charge in [0, 0.05) is 17.7 Å². The van der Waals surface area contributed by atoms with Crippen LogP contribution in [0.2, 0.25) is 10.6 Å². The molecule has 0 aliphatic carbocycles. The summed E-state index contributed by atoms with van der Waals surface area (Å²) >= 11 is 14.7. The van der Waals surface area contributed by atoms with E-state index in [4.69, 9.17) is 33.7 Å². The minimum atomic E-state index is 0.0621. The van der Waals surface area contributed by atoms with E-state index in [0.29, 0.717) is 17.1 Å². The summed E-state index contributed by atoms with van der Waals surface area (Å²) in [6.45, 7) is 0. The number of anilines is 1. The Bertz CT molecular complexity index is 813. The van der Waals surface area contributed by atoms with Crippen LogP contribution in [0.25, 0.3) is 0 Å². The molecule has 128 valence electrons. The monoisotopic (exact) mass is 410 g/mol. The molecule has 1 heterocycles. The van der Waals surface area contributed by atoms with Crippen LogP contribution in [0.3, 0.4) is 0 Å². The predicted octanol–water partition coefficient (Wildman–Crippen LogP) is 4.19. The molecule has 0 spiro atoms. The zero-order valence-corrected chi connectivity index (χ0v) is 16.3. The Balaban J connectivity index is 1.78. The Morgan fingerprint density at radius 3 is 2.36 bits per heavy atom. The van der Waals surface area contributed by atoms with Gasteiger partial charge in [-0.15, -0.1) is 11.8 Å². The largest absolute Gasteiger partial charge is 0.287 e. The molecule has 0 aliphatic heterocycles. The van der Waals surface area contributed by atoms with Gasteiger partial charge in [-0.25, -0.2) is 0 Å². The first-order valence-electron chi connectivity index (χ1n) is 7.04.